The van der Waals surface area contributed by atoms with E-state index in [0.29, 0.717) is 52.6 Å². The number of hydrogen-bond donors (Lipinski definition) is 1. The molecule has 3 aromatic carbocycles. The molecular formula is C26H20ClIN2O5. The maximum atomic E-state index is 9.95. The minimum Gasteiger partial charge on any atom is -0.490 e. The predicted molar refractivity (Wildman–Crippen MR) is 138 cm³/mol. The van der Waals surface area contributed by atoms with E-state index in [4.69, 9.17) is 41.0 Å². The van der Waals surface area contributed by atoms with Crippen molar-refractivity contribution in [3.63, 3.8) is 0 Å². The van der Waals surface area contributed by atoms with Gasteiger partial charge in [-0.15, -0.1) is 0 Å². The molecule has 35 heavy (non-hydrogen) atoms. The normalized spacial score (nSPS) is 15.8. The SMILES string of the molecule is CCOc1cc([C@H]2C(C#N)=C(N)Oc3cc4c(cc32)OCO4)cc(I)c1OCc1cccc(Cl)c1. The van der Waals surface area contributed by atoms with Gasteiger partial charge in [0.2, 0.25) is 12.7 Å². The van der Waals surface area contributed by atoms with E-state index in [0.717, 1.165) is 20.3 Å². The van der Waals surface area contributed by atoms with Crippen molar-refractivity contribution in [3.8, 4) is 34.8 Å². The summed E-state index contributed by atoms with van der Waals surface area (Å²) in [5.41, 5.74) is 8.98. The van der Waals surface area contributed by atoms with Gasteiger partial charge in [-0.05, 0) is 71.0 Å². The zero-order chi connectivity index (χ0) is 24.5. The molecule has 2 aliphatic heterocycles. The molecule has 0 aromatic heterocycles. The number of nitrogens with zero attached hydrogens (tertiary/aromatic N) is 1. The number of hydrogen-bond acceptors (Lipinski definition) is 7. The Morgan fingerprint density at radius 2 is 1.91 bits per heavy atom. The highest BCUT2D eigenvalue weighted by Crippen LogP contribution is 2.49. The molecule has 0 amide bonds. The van der Waals surface area contributed by atoms with E-state index in [1.165, 1.54) is 0 Å². The Kier molecular flexibility index (Phi) is 6.54. The van der Waals surface area contributed by atoms with Crippen LogP contribution in [0.1, 0.15) is 29.5 Å². The average molecular weight is 603 g/mol. The Labute approximate surface area is 221 Å². The summed E-state index contributed by atoms with van der Waals surface area (Å²) in [7, 11) is 0. The van der Waals surface area contributed by atoms with Gasteiger partial charge in [0.15, 0.2) is 23.0 Å². The molecule has 0 aliphatic carbocycles. The smallest absolute Gasteiger partial charge is 0.231 e. The van der Waals surface area contributed by atoms with Crippen LogP contribution in [-0.2, 0) is 6.61 Å². The number of fused-ring (bicyclic) bond motifs is 2. The quantitative estimate of drug-likeness (QED) is 0.353. The summed E-state index contributed by atoms with van der Waals surface area (Å²) in [6.45, 7) is 2.81. The van der Waals surface area contributed by atoms with E-state index in [9.17, 15) is 5.26 Å². The third-order valence-electron chi connectivity index (χ3n) is 5.65. The number of nitriles is 1. The lowest BCUT2D eigenvalue weighted by molar-refractivity contribution is 0.174. The molecule has 0 spiro atoms. The summed E-state index contributed by atoms with van der Waals surface area (Å²) in [6.07, 6.45) is 0. The van der Waals surface area contributed by atoms with Crippen molar-refractivity contribution in [2.24, 2.45) is 5.73 Å². The molecule has 0 saturated carbocycles. The summed E-state index contributed by atoms with van der Waals surface area (Å²) in [5, 5.41) is 10.6. The highest BCUT2D eigenvalue weighted by Gasteiger charge is 2.34. The molecule has 2 heterocycles. The van der Waals surface area contributed by atoms with Crippen LogP contribution in [-0.4, -0.2) is 13.4 Å². The first-order valence-corrected chi connectivity index (χ1v) is 12.3. The molecule has 0 fully saturated rings. The second kappa shape index (κ2) is 9.76. The molecule has 0 unspecified atom stereocenters. The molecular weight excluding hydrogens is 583 g/mol. The minimum atomic E-state index is -0.479. The number of ether oxygens (including phenoxy) is 5. The van der Waals surface area contributed by atoms with Crippen LogP contribution in [0.15, 0.2) is 60.0 Å². The van der Waals surface area contributed by atoms with E-state index < -0.39 is 5.92 Å². The van der Waals surface area contributed by atoms with Crippen LogP contribution in [0.5, 0.6) is 28.7 Å². The fourth-order valence-electron chi connectivity index (χ4n) is 4.13. The molecule has 3 aromatic rings. The molecule has 5 rings (SSSR count). The van der Waals surface area contributed by atoms with Crippen molar-refractivity contribution in [1.29, 1.82) is 5.26 Å². The van der Waals surface area contributed by atoms with Gasteiger partial charge in [0, 0.05) is 16.7 Å². The average Bonchev–Trinajstić information content (AvgIpc) is 3.29. The third kappa shape index (κ3) is 4.54. The fraction of sp³-hybridized carbons (Fsp3) is 0.192. The number of benzene rings is 3. The second-order valence-electron chi connectivity index (χ2n) is 7.85. The summed E-state index contributed by atoms with van der Waals surface area (Å²) in [4.78, 5) is 0. The maximum absolute atomic E-state index is 9.95. The van der Waals surface area contributed by atoms with Gasteiger partial charge in [0.05, 0.1) is 16.1 Å². The van der Waals surface area contributed by atoms with Crippen LogP contribution >= 0.6 is 34.2 Å². The lowest BCUT2D eigenvalue weighted by Crippen LogP contribution is -2.21. The second-order valence-corrected chi connectivity index (χ2v) is 9.45. The number of halogens is 2. The third-order valence-corrected chi connectivity index (χ3v) is 6.68. The molecule has 0 radical (unpaired) electrons. The van der Waals surface area contributed by atoms with Gasteiger partial charge < -0.3 is 29.4 Å². The largest absolute Gasteiger partial charge is 0.490 e. The van der Waals surface area contributed by atoms with Gasteiger partial charge in [0.25, 0.3) is 0 Å². The zero-order valence-corrected chi connectivity index (χ0v) is 21.6. The van der Waals surface area contributed by atoms with Crippen LogP contribution in [0.4, 0.5) is 0 Å². The molecule has 7 nitrogen and oxygen atoms in total. The molecule has 0 bridgehead atoms. The van der Waals surface area contributed by atoms with Crippen molar-refractivity contribution in [3.05, 3.63) is 85.3 Å². The van der Waals surface area contributed by atoms with Gasteiger partial charge in [-0.1, -0.05) is 23.7 Å². The van der Waals surface area contributed by atoms with Gasteiger partial charge >= 0.3 is 0 Å². The van der Waals surface area contributed by atoms with Gasteiger partial charge in [-0.3, -0.25) is 0 Å². The molecule has 2 aliphatic rings. The molecule has 0 saturated heterocycles. The number of allylic oxidation sites excluding steroid dienone is 1. The van der Waals surface area contributed by atoms with Gasteiger partial charge in [-0.2, -0.15) is 5.26 Å². The van der Waals surface area contributed by atoms with Crippen molar-refractivity contribution in [2.75, 3.05) is 13.4 Å². The Hall–Kier alpha value is -3.29. The number of rotatable bonds is 6. The maximum Gasteiger partial charge on any atom is 0.231 e. The Morgan fingerprint density at radius 1 is 1.11 bits per heavy atom. The number of nitrogens with two attached hydrogens (primary N) is 1. The fourth-order valence-corrected chi connectivity index (χ4v) is 5.12. The topological polar surface area (TPSA) is 96.0 Å². The minimum absolute atomic E-state index is 0.0538. The Bertz CT molecular complexity index is 1380. The van der Waals surface area contributed by atoms with Crippen molar-refractivity contribution in [2.45, 2.75) is 19.4 Å². The predicted octanol–water partition coefficient (Wildman–Crippen LogP) is 5.87. The summed E-state index contributed by atoms with van der Waals surface area (Å²) in [6, 6.07) is 17.1. The standard InChI is InChI=1S/C26H20ClIN2O5/c1-2-31-23-8-15(7-19(28)25(23)32-12-14-4-3-5-16(27)6-14)24-17-9-21-22(34-13-33-21)10-20(17)35-26(30)18(24)11-29/h3-10,24H,2,12-13,30H2,1H3/t24-/m1/s1. The van der Waals surface area contributed by atoms with Crippen molar-refractivity contribution < 1.29 is 23.7 Å². The van der Waals surface area contributed by atoms with Crippen LogP contribution in [0, 0.1) is 14.9 Å². The van der Waals surface area contributed by atoms with E-state index >= 15 is 0 Å². The molecule has 1 atom stereocenters. The summed E-state index contributed by atoms with van der Waals surface area (Å²) < 4.78 is 29.8. The van der Waals surface area contributed by atoms with E-state index in [1.807, 2.05) is 49.4 Å². The lowest BCUT2D eigenvalue weighted by Gasteiger charge is -2.27. The van der Waals surface area contributed by atoms with E-state index in [2.05, 4.69) is 28.7 Å². The van der Waals surface area contributed by atoms with Crippen LogP contribution in [0.2, 0.25) is 5.02 Å². The van der Waals surface area contributed by atoms with E-state index in [1.54, 1.807) is 6.07 Å². The summed E-state index contributed by atoms with van der Waals surface area (Å²) >= 11 is 8.32. The van der Waals surface area contributed by atoms with Crippen LogP contribution in [0.3, 0.4) is 0 Å². The monoisotopic (exact) mass is 602 g/mol. The lowest BCUT2D eigenvalue weighted by atomic mass is 9.83. The Balaban J connectivity index is 1.57. The molecule has 2 N–H and O–H groups in total. The Morgan fingerprint density at radius 3 is 2.66 bits per heavy atom. The first kappa shape index (κ1) is 23.5. The zero-order valence-electron chi connectivity index (χ0n) is 18.6. The first-order chi connectivity index (χ1) is 17.0. The highest BCUT2D eigenvalue weighted by atomic mass is 127. The van der Waals surface area contributed by atoms with Crippen LogP contribution in [0.25, 0.3) is 0 Å². The van der Waals surface area contributed by atoms with Crippen LogP contribution < -0.4 is 29.4 Å². The van der Waals surface area contributed by atoms with E-state index in [-0.39, 0.29) is 12.7 Å². The molecule has 9 heteroatoms. The van der Waals surface area contributed by atoms with Gasteiger partial charge in [0.1, 0.15) is 24.0 Å². The highest BCUT2D eigenvalue weighted by molar-refractivity contribution is 14.1. The van der Waals surface area contributed by atoms with Gasteiger partial charge in [-0.25, -0.2) is 0 Å². The first-order valence-electron chi connectivity index (χ1n) is 10.8. The van der Waals surface area contributed by atoms with Crippen molar-refractivity contribution >= 4 is 34.2 Å². The molecule has 178 valence electrons. The summed E-state index contributed by atoms with van der Waals surface area (Å²) in [5.74, 6) is 2.45. The van der Waals surface area contributed by atoms with Crippen molar-refractivity contribution in [1.82, 2.24) is 0 Å².